The van der Waals surface area contributed by atoms with Gasteiger partial charge in [-0.05, 0) is 80.0 Å². The Hall–Kier alpha value is -1.71. The Kier molecular flexibility index (Phi) is 7.79. The zero-order valence-electron chi connectivity index (χ0n) is 17.9. The second-order valence-corrected chi connectivity index (χ2v) is 9.88. The van der Waals surface area contributed by atoms with Crippen molar-refractivity contribution in [1.82, 2.24) is 0 Å². The van der Waals surface area contributed by atoms with Crippen LogP contribution >= 0.6 is 0 Å². The van der Waals surface area contributed by atoms with E-state index >= 15 is 0 Å². The predicted octanol–water partition coefficient (Wildman–Crippen LogP) is 6.21. The number of hydrogen-bond acceptors (Lipinski definition) is 3. The van der Waals surface area contributed by atoms with Crippen molar-refractivity contribution >= 4 is 5.97 Å². The van der Waals surface area contributed by atoms with E-state index in [9.17, 15) is 20.1 Å². The Morgan fingerprint density at radius 1 is 0.893 bits per heavy atom. The SMILES string of the molecule is CC(C)(C)CCCCCc1cc(O)c(O)cc1CCCCCC1(C(=O)O)CC1. The highest BCUT2D eigenvalue weighted by Gasteiger charge is 2.49. The molecule has 0 radical (unpaired) electrons. The summed E-state index contributed by atoms with van der Waals surface area (Å²) >= 11 is 0. The summed E-state index contributed by atoms with van der Waals surface area (Å²) in [5.74, 6) is -0.718. The third kappa shape index (κ3) is 7.03. The number of aryl methyl sites for hydroxylation is 2. The fourth-order valence-corrected chi connectivity index (χ4v) is 3.95. The molecular weight excluding hydrogens is 352 g/mol. The number of aliphatic carboxylic acids is 1. The molecule has 3 N–H and O–H groups in total. The quantitative estimate of drug-likeness (QED) is 0.293. The zero-order chi connectivity index (χ0) is 20.8. The molecule has 0 unspecified atom stereocenters. The van der Waals surface area contributed by atoms with Crippen LogP contribution in [0.4, 0.5) is 0 Å². The Balaban J connectivity index is 1.78. The predicted molar refractivity (Wildman–Crippen MR) is 113 cm³/mol. The minimum atomic E-state index is -0.635. The van der Waals surface area contributed by atoms with E-state index in [0.29, 0.717) is 5.41 Å². The van der Waals surface area contributed by atoms with Gasteiger partial charge in [-0.1, -0.05) is 46.5 Å². The van der Waals surface area contributed by atoms with Gasteiger partial charge in [-0.25, -0.2) is 0 Å². The Bertz CT molecular complexity index is 653. The van der Waals surface area contributed by atoms with Crippen LogP contribution in [0.1, 0.15) is 96.1 Å². The number of rotatable bonds is 12. The van der Waals surface area contributed by atoms with Crippen LogP contribution in [0.25, 0.3) is 0 Å². The summed E-state index contributed by atoms with van der Waals surface area (Å²) in [5, 5.41) is 29.0. The summed E-state index contributed by atoms with van der Waals surface area (Å²) in [5.41, 5.74) is 2.21. The molecule has 0 aliphatic heterocycles. The van der Waals surface area contributed by atoms with Gasteiger partial charge < -0.3 is 15.3 Å². The van der Waals surface area contributed by atoms with Crippen LogP contribution in [0.15, 0.2) is 12.1 Å². The van der Waals surface area contributed by atoms with Crippen LogP contribution < -0.4 is 0 Å². The molecule has 1 fully saturated rings. The smallest absolute Gasteiger partial charge is 0.309 e. The summed E-state index contributed by atoms with van der Waals surface area (Å²) < 4.78 is 0. The number of phenols is 2. The van der Waals surface area contributed by atoms with Gasteiger partial charge in [0.25, 0.3) is 0 Å². The van der Waals surface area contributed by atoms with Crippen LogP contribution in [-0.4, -0.2) is 21.3 Å². The Labute approximate surface area is 170 Å². The standard InChI is InChI=1S/C24H38O4/c1-23(2,3)12-8-4-6-10-18-16-20(25)21(26)17-19(18)11-7-5-9-13-24(14-15-24)22(27)28/h16-17,25-26H,4-15H2,1-3H3,(H,27,28). The second-order valence-electron chi connectivity index (χ2n) is 9.88. The van der Waals surface area contributed by atoms with E-state index in [1.54, 1.807) is 12.1 Å². The largest absolute Gasteiger partial charge is 0.504 e. The van der Waals surface area contributed by atoms with E-state index < -0.39 is 11.4 Å². The lowest BCUT2D eigenvalue weighted by Crippen LogP contribution is -2.14. The van der Waals surface area contributed by atoms with Crippen molar-refractivity contribution in [2.45, 2.75) is 97.8 Å². The maximum atomic E-state index is 11.2. The average molecular weight is 391 g/mol. The summed E-state index contributed by atoms with van der Waals surface area (Å²) in [6.45, 7) is 6.81. The fourth-order valence-electron chi connectivity index (χ4n) is 3.95. The van der Waals surface area contributed by atoms with Crippen LogP contribution in [0, 0.1) is 10.8 Å². The average Bonchev–Trinajstić information content (AvgIpc) is 3.38. The molecule has 0 amide bonds. The number of unbranched alkanes of at least 4 members (excludes halogenated alkanes) is 4. The fraction of sp³-hybridized carbons (Fsp3) is 0.708. The molecule has 0 spiro atoms. The second kappa shape index (κ2) is 9.67. The van der Waals surface area contributed by atoms with E-state index in [-0.39, 0.29) is 11.5 Å². The maximum absolute atomic E-state index is 11.2. The van der Waals surface area contributed by atoms with Gasteiger partial charge >= 0.3 is 5.97 Å². The van der Waals surface area contributed by atoms with Gasteiger partial charge in [-0.15, -0.1) is 0 Å². The lowest BCUT2D eigenvalue weighted by molar-refractivity contribution is -0.143. The van der Waals surface area contributed by atoms with Crippen molar-refractivity contribution in [3.8, 4) is 11.5 Å². The minimum absolute atomic E-state index is 0.0365. The Morgan fingerprint density at radius 2 is 1.39 bits per heavy atom. The molecule has 0 heterocycles. The van der Waals surface area contributed by atoms with Gasteiger partial charge in [-0.2, -0.15) is 0 Å². The molecular formula is C24H38O4. The van der Waals surface area contributed by atoms with E-state index in [2.05, 4.69) is 20.8 Å². The highest BCUT2D eigenvalue weighted by molar-refractivity contribution is 5.77. The highest BCUT2D eigenvalue weighted by Crippen LogP contribution is 2.50. The molecule has 4 nitrogen and oxygen atoms in total. The first-order valence-electron chi connectivity index (χ1n) is 10.9. The molecule has 158 valence electrons. The van der Waals surface area contributed by atoms with E-state index in [1.165, 1.54) is 19.3 Å². The first kappa shape index (κ1) is 22.6. The van der Waals surface area contributed by atoms with Gasteiger partial charge in [0.15, 0.2) is 11.5 Å². The van der Waals surface area contributed by atoms with Crippen molar-refractivity contribution in [2.75, 3.05) is 0 Å². The summed E-state index contributed by atoms with van der Waals surface area (Å²) in [6.07, 6.45) is 11.9. The number of carbonyl (C=O) groups is 1. The molecule has 1 saturated carbocycles. The van der Waals surface area contributed by atoms with Gasteiger partial charge in [0, 0.05) is 0 Å². The lowest BCUT2D eigenvalue weighted by Gasteiger charge is -2.17. The van der Waals surface area contributed by atoms with Crippen molar-refractivity contribution in [1.29, 1.82) is 0 Å². The molecule has 0 bridgehead atoms. The number of carboxylic acids is 1. The van der Waals surface area contributed by atoms with Crippen molar-refractivity contribution < 1.29 is 20.1 Å². The Morgan fingerprint density at radius 3 is 1.82 bits per heavy atom. The molecule has 1 aromatic carbocycles. The van der Waals surface area contributed by atoms with Gasteiger partial charge in [0.2, 0.25) is 0 Å². The topological polar surface area (TPSA) is 77.8 Å². The third-order valence-electron chi connectivity index (χ3n) is 6.08. The number of benzene rings is 1. The van der Waals surface area contributed by atoms with Crippen LogP contribution in [0.3, 0.4) is 0 Å². The minimum Gasteiger partial charge on any atom is -0.504 e. The third-order valence-corrected chi connectivity index (χ3v) is 6.08. The number of carboxylic acid groups (broad SMARTS) is 1. The summed E-state index contributed by atoms with van der Waals surface area (Å²) in [4.78, 5) is 11.2. The van der Waals surface area contributed by atoms with Gasteiger partial charge in [0.05, 0.1) is 5.41 Å². The lowest BCUT2D eigenvalue weighted by atomic mass is 9.89. The van der Waals surface area contributed by atoms with Gasteiger partial charge in [0.1, 0.15) is 0 Å². The number of aromatic hydroxyl groups is 2. The monoisotopic (exact) mass is 390 g/mol. The molecule has 0 aromatic heterocycles. The summed E-state index contributed by atoms with van der Waals surface area (Å²) in [6, 6.07) is 3.43. The van der Waals surface area contributed by atoms with Crippen LogP contribution in [-0.2, 0) is 17.6 Å². The number of phenolic OH excluding ortho intramolecular Hbond substituents is 2. The van der Waals surface area contributed by atoms with E-state index in [1.807, 2.05) is 0 Å². The van der Waals surface area contributed by atoms with Crippen molar-refractivity contribution in [2.24, 2.45) is 10.8 Å². The van der Waals surface area contributed by atoms with E-state index in [0.717, 1.165) is 68.9 Å². The molecule has 0 saturated heterocycles. The highest BCUT2D eigenvalue weighted by atomic mass is 16.4. The van der Waals surface area contributed by atoms with E-state index in [4.69, 9.17) is 0 Å². The number of hydrogen-bond donors (Lipinski definition) is 3. The molecule has 4 heteroatoms. The van der Waals surface area contributed by atoms with Gasteiger partial charge in [-0.3, -0.25) is 4.79 Å². The molecule has 0 atom stereocenters. The first-order chi connectivity index (χ1) is 13.1. The summed E-state index contributed by atoms with van der Waals surface area (Å²) in [7, 11) is 0. The molecule has 1 aromatic rings. The molecule has 1 aliphatic carbocycles. The zero-order valence-corrected chi connectivity index (χ0v) is 17.9. The van der Waals surface area contributed by atoms with Crippen molar-refractivity contribution in [3.63, 3.8) is 0 Å². The molecule has 2 rings (SSSR count). The molecule has 1 aliphatic rings. The van der Waals surface area contributed by atoms with Crippen LogP contribution in [0.5, 0.6) is 11.5 Å². The maximum Gasteiger partial charge on any atom is 0.309 e. The molecule has 28 heavy (non-hydrogen) atoms. The van der Waals surface area contributed by atoms with Crippen LogP contribution in [0.2, 0.25) is 0 Å². The van der Waals surface area contributed by atoms with Crippen molar-refractivity contribution in [3.05, 3.63) is 23.3 Å². The first-order valence-corrected chi connectivity index (χ1v) is 10.9. The normalized spacial score (nSPS) is 15.5.